The van der Waals surface area contributed by atoms with Crippen LogP contribution in [0.4, 0.5) is 5.69 Å². The van der Waals surface area contributed by atoms with Crippen molar-refractivity contribution in [1.29, 1.82) is 0 Å². The molecule has 2 aromatic carbocycles. The number of amides is 1. The van der Waals surface area contributed by atoms with Crippen molar-refractivity contribution in [3.63, 3.8) is 0 Å². The van der Waals surface area contributed by atoms with E-state index in [0.29, 0.717) is 0 Å². The molecule has 0 unspecified atom stereocenters. The maximum absolute atomic E-state index is 12.8. The second kappa shape index (κ2) is 10.2. The van der Waals surface area contributed by atoms with Crippen LogP contribution in [0.2, 0.25) is 0 Å². The SMILES string of the molecule is COC(=O)c1cc(NC(=O)c2ccc(OC)c(S(=O)(=O)NC(C)C)c2)cc(C(=O)OC)c1. The smallest absolute Gasteiger partial charge is 0.337 e. The van der Waals surface area contributed by atoms with Crippen LogP contribution in [-0.2, 0) is 19.5 Å². The number of ether oxygens (including phenoxy) is 3. The maximum Gasteiger partial charge on any atom is 0.337 e. The molecule has 0 aliphatic rings. The van der Waals surface area contributed by atoms with E-state index in [4.69, 9.17) is 4.74 Å². The Morgan fingerprint density at radius 2 is 1.41 bits per heavy atom. The summed E-state index contributed by atoms with van der Waals surface area (Å²) in [5, 5.41) is 2.54. The molecule has 0 saturated carbocycles. The zero-order chi connectivity index (χ0) is 24.1. The second-order valence-corrected chi connectivity index (χ2v) is 8.56. The molecule has 0 radical (unpaired) electrons. The lowest BCUT2D eigenvalue weighted by atomic mass is 10.1. The van der Waals surface area contributed by atoms with E-state index < -0.39 is 27.9 Å². The van der Waals surface area contributed by atoms with Gasteiger partial charge >= 0.3 is 11.9 Å². The highest BCUT2D eigenvalue weighted by Crippen LogP contribution is 2.26. The van der Waals surface area contributed by atoms with E-state index in [0.717, 1.165) is 0 Å². The van der Waals surface area contributed by atoms with Gasteiger partial charge in [-0.15, -0.1) is 0 Å². The average molecular weight is 464 g/mol. The van der Waals surface area contributed by atoms with Gasteiger partial charge < -0.3 is 19.5 Å². The third-order valence-electron chi connectivity index (χ3n) is 4.14. The van der Waals surface area contributed by atoms with Crippen LogP contribution in [0.5, 0.6) is 5.75 Å². The normalized spacial score (nSPS) is 11.1. The molecule has 0 aliphatic carbocycles. The van der Waals surface area contributed by atoms with Crippen LogP contribution in [-0.4, -0.2) is 53.6 Å². The quantitative estimate of drug-likeness (QED) is 0.567. The molecule has 2 rings (SSSR count). The summed E-state index contributed by atoms with van der Waals surface area (Å²) in [5.41, 5.74) is 0.159. The van der Waals surface area contributed by atoms with E-state index in [-0.39, 0.29) is 39.1 Å². The molecule has 11 heteroatoms. The Kier molecular flexibility index (Phi) is 7.95. The van der Waals surface area contributed by atoms with Gasteiger partial charge in [0.2, 0.25) is 10.0 Å². The van der Waals surface area contributed by atoms with Crippen LogP contribution in [0, 0.1) is 0 Å². The Morgan fingerprint density at radius 3 is 1.88 bits per heavy atom. The molecule has 0 bridgehead atoms. The van der Waals surface area contributed by atoms with Crippen LogP contribution in [0.25, 0.3) is 0 Å². The topological polar surface area (TPSA) is 137 Å². The summed E-state index contributed by atoms with van der Waals surface area (Å²) in [7, 11) is -0.283. The van der Waals surface area contributed by atoms with Gasteiger partial charge in [-0.25, -0.2) is 22.7 Å². The van der Waals surface area contributed by atoms with Crippen molar-refractivity contribution in [3.05, 3.63) is 53.1 Å². The number of rotatable bonds is 8. The number of hydrogen-bond donors (Lipinski definition) is 2. The van der Waals surface area contributed by atoms with Gasteiger partial charge in [0.25, 0.3) is 5.91 Å². The predicted octanol–water partition coefficient (Wildman–Crippen LogP) is 2.21. The van der Waals surface area contributed by atoms with Crippen molar-refractivity contribution in [2.45, 2.75) is 24.8 Å². The molecule has 1 amide bonds. The first-order valence-electron chi connectivity index (χ1n) is 9.35. The molecule has 0 fully saturated rings. The molecule has 32 heavy (non-hydrogen) atoms. The van der Waals surface area contributed by atoms with E-state index in [2.05, 4.69) is 19.5 Å². The van der Waals surface area contributed by atoms with Crippen molar-refractivity contribution < 1.29 is 37.0 Å². The third-order valence-corrected chi connectivity index (χ3v) is 5.82. The number of sulfonamides is 1. The van der Waals surface area contributed by atoms with E-state index in [9.17, 15) is 22.8 Å². The molecule has 0 spiro atoms. The van der Waals surface area contributed by atoms with Crippen LogP contribution < -0.4 is 14.8 Å². The van der Waals surface area contributed by atoms with Crippen molar-refractivity contribution in [3.8, 4) is 5.75 Å². The highest BCUT2D eigenvalue weighted by molar-refractivity contribution is 7.89. The maximum atomic E-state index is 12.8. The predicted molar refractivity (Wildman–Crippen MR) is 116 cm³/mol. The van der Waals surface area contributed by atoms with Crippen LogP contribution >= 0.6 is 0 Å². The molecule has 0 aliphatic heterocycles. The number of carbonyl (C=O) groups excluding carboxylic acids is 3. The molecule has 0 atom stereocenters. The van der Waals surface area contributed by atoms with Crippen molar-refractivity contribution in [2.75, 3.05) is 26.6 Å². The summed E-state index contributed by atoms with van der Waals surface area (Å²) in [5.74, 6) is -2.05. The summed E-state index contributed by atoms with van der Waals surface area (Å²) in [6.45, 7) is 3.32. The minimum absolute atomic E-state index is 0.0121. The molecule has 172 valence electrons. The number of benzene rings is 2. The van der Waals surface area contributed by atoms with Gasteiger partial charge in [-0.05, 0) is 50.2 Å². The van der Waals surface area contributed by atoms with Crippen LogP contribution in [0.1, 0.15) is 44.9 Å². The molecule has 2 N–H and O–H groups in total. The molecule has 0 heterocycles. The number of methoxy groups -OCH3 is 3. The number of anilines is 1. The Labute approximate surface area is 185 Å². The van der Waals surface area contributed by atoms with Gasteiger partial charge in [0.1, 0.15) is 10.6 Å². The summed E-state index contributed by atoms with van der Waals surface area (Å²) in [6, 6.07) is 7.44. The van der Waals surface area contributed by atoms with Gasteiger partial charge in [-0.3, -0.25) is 4.79 Å². The fourth-order valence-electron chi connectivity index (χ4n) is 2.78. The standard InChI is InChI=1S/C21H24N2O8S/c1-12(2)23-32(27,28)18-11-13(6-7-17(18)29-3)19(24)22-16-9-14(20(25)30-4)8-15(10-16)21(26)31-5/h6-12,23H,1-5H3,(H,22,24). The average Bonchev–Trinajstić information content (AvgIpc) is 2.76. The van der Waals surface area contributed by atoms with Crippen LogP contribution in [0.3, 0.4) is 0 Å². The first-order chi connectivity index (χ1) is 15.0. The highest BCUT2D eigenvalue weighted by atomic mass is 32.2. The van der Waals surface area contributed by atoms with Gasteiger partial charge in [-0.1, -0.05) is 0 Å². The minimum atomic E-state index is -3.95. The zero-order valence-corrected chi connectivity index (χ0v) is 19.0. The zero-order valence-electron chi connectivity index (χ0n) is 18.2. The molecule has 10 nitrogen and oxygen atoms in total. The second-order valence-electron chi connectivity index (χ2n) is 6.88. The number of esters is 2. The largest absolute Gasteiger partial charge is 0.495 e. The summed E-state index contributed by atoms with van der Waals surface area (Å²) in [6.07, 6.45) is 0. The molecule has 2 aromatic rings. The van der Waals surface area contributed by atoms with E-state index >= 15 is 0 Å². The monoisotopic (exact) mass is 464 g/mol. The van der Waals surface area contributed by atoms with Crippen molar-refractivity contribution in [2.24, 2.45) is 0 Å². The first-order valence-corrected chi connectivity index (χ1v) is 10.8. The lowest BCUT2D eigenvalue weighted by Gasteiger charge is -2.14. The third kappa shape index (κ3) is 5.83. The Balaban J connectivity index is 2.46. The molecule has 0 aromatic heterocycles. The van der Waals surface area contributed by atoms with Gasteiger partial charge in [0.15, 0.2) is 0 Å². The van der Waals surface area contributed by atoms with Gasteiger partial charge in [0, 0.05) is 17.3 Å². The van der Waals surface area contributed by atoms with Crippen LogP contribution in [0.15, 0.2) is 41.3 Å². The van der Waals surface area contributed by atoms with E-state index in [1.165, 1.54) is 57.7 Å². The van der Waals surface area contributed by atoms with Crippen molar-refractivity contribution in [1.82, 2.24) is 4.72 Å². The minimum Gasteiger partial charge on any atom is -0.495 e. The highest BCUT2D eigenvalue weighted by Gasteiger charge is 2.23. The molecular weight excluding hydrogens is 440 g/mol. The Hall–Kier alpha value is -3.44. The van der Waals surface area contributed by atoms with E-state index in [1.54, 1.807) is 13.8 Å². The van der Waals surface area contributed by atoms with Crippen molar-refractivity contribution >= 4 is 33.6 Å². The van der Waals surface area contributed by atoms with E-state index in [1.807, 2.05) is 0 Å². The molecular formula is C21H24N2O8S. The Morgan fingerprint density at radius 1 is 0.844 bits per heavy atom. The fourth-order valence-corrected chi connectivity index (χ4v) is 4.22. The molecule has 0 saturated heterocycles. The summed E-state index contributed by atoms with van der Waals surface area (Å²) < 4.78 is 42.2. The summed E-state index contributed by atoms with van der Waals surface area (Å²) in [4.78, 5) is 36.5. The Bertz CT molecular complexity index is 1110. The lowest BCUT2D eigenvalue weighted by Crippen LogP contribution is -2.30. The number of carbonyl (C=O) groups is 3. The lowest BCUT2D eigenvalue weighted by molar-refractivity contribution is 0.0598. The fraction of sp³-hybridized carbons (Fsp3) is 0.286. The first kappa shape index (κ1) is 24.8. The number of hydrogen-bond acceptors (Lipinski definition) is 8. The summed E-state index contributed by atoms with van der Waals surface area (Å²) >= 11 is 0. The van der Waals surface area contributed by atoms with Gasteiger partial charge in [-0.2, -0.15) is 0 Å². The number of nitrogens with one attached hydrogen (secondary N) is 2. The van der Waals surface area contributed by atoms with Gasteiger partial charge in [0.05, 0.1) is 32.5 Å².